The Morgan fingerprint density at radius 1 is 1.11 bits per heavy atom. The summed E-state index contributed by atoms with van der Waals surface area (Å²) in [5.41, 5.74) is 2.21. The number of carboxylic acids is 1. The van der Waals surface area contributed by atoms with Gasteiger partial charge in [-0.3, -0.25) is 4.79 Å². The monoisotopic (exact) mass is 399 g/mol. The molecule has 27 heavy (non-hydrogen) atoms. The number of nitrogens with two attached hydrogens (primary N) is 1. The first-order valence-electron chi connectivity index (χ1n) is 8.60. The zero-order valence-corrected chi connectivity index (χ0v) is 14.8. The highest BCUT2D eigenvalue weighted by Gasteiger charge is 2.42. The van der Waals surface area contributed by atoms with E-state index in [9.17, 15) is 31.1 Å². The van der Waals surface area contributed by atoms with Gasteiger partial charge in [0.05, 0.1) is 17.0 Å². The van der Waals surface area contributed by atoms with E-state index in [0.29, 0.717) is 37.8 Å². The van der Waals surface area contributed by atoms with Gasteiger partial charge >= 0.3 is 18.3 Å². The Labute approximate surface area is 153 Å². The fraction of sp³-hybridized carbons (Fsp3) is 0.611. The molecule has 2 atom stereocenters. The normalized spacial score (nSPS) is 14.8. The van der Waals surface area contributed by atoms with Crippen LogP contribution in [0.5, 0.6) is 0 Å². The lowest BCUT2D eigenvalue weighted by molar-refractivity contribution is -0.162. The van der Waals surface area contributed by atoms with E-state index in [1.165, 1.54) is 0 Å². The van der Waals surface area contributed by atoms with Crippen LogP contribution in [0, 0.1) is 11.8 Å². The number of benzene rings is 1. The van der Waals surface area contributed by atoms with Crippen LogP contribution in [0.4, 0.5) is 26.3 Å². The first-order valence-corrected chi connectivity index (χ1v) is 8.60. The molecule has 3 nitrogen and oxygen atoms in total. The van der Waals surface area contributed by atoms with Crippen molar-refractivity contribution in [2.45, 2.75) is 51.4 Å². The summed E-state index contributed by atoms with van der Waals surface area (Å²) in [6, 6.07) is 2.06. The van der Waals surface area contributed by atoms with Gasteiger partial charge in [0.2, 0.25) is 0 Å². The summed E-state index contributed by atoms with van der Waals surface area (Å²) in [6.07, 6.45) is -7.94. The van der Waals surface area contributed by atoms with E-state index in [1.54, 1.807) is 0 Å². The number of carbonyl (C=O) groups is 1. The fourth-order valence-electron chi connectivity index (χ4n) is 3.01. The van der Waals surface area contributed by atoms with E-state index in [0.717, 1.165) is 6.07 Å². The smallest absolute Gasteiger partial charge is 0.417 e. The molecule has 9 heteroatoms. The Morgan fingerprint density at radius 3 is 2.15 bits per heavy atom. The number of hydrogen-bond acceptors (Lipinski definition) is 2. The Kier molecular flexibility index (Phi) is 8.13. The molecule has 0 aliphatic heterocycles. The summed E-state index contributed by atoms with van der Waals surface area (Å²) in [5.74, 6) is -1.64. The van der Waals surface area contributed by atoms with Crippen LogP contribution < -0.4 is 5.73 Å². The molecule has 1 aromatic rings. The second-order valence-electron chi connectivity index (χ2n) is 6.55. The minimum atomic E-state index is -5.09. The van der Waals surface area contributed by atoms with Gasteiger partial charge in [0, 0.05) is 6.54 Å². The van der Waals surface area contributed by atoms with Crippen LogP contribution in [0.3, 0.4) is 0 Å². The van der Waals surface area contributed by atoms with Crippen molar-refractivity contribution in [1.29, 1.82) is 0 Å². The minimum absolute atomic E-state index is 0.000317. The molecule has 0 aliphatic rings. The molecule has 0 heterocycles. The SMILES string of the molecule is CCC(CCCc1ccc(C(F)(F)F)c(C(F)(F)F)c1)CC(CN)C(=O)O. The van der Waals surface area contributed by atoms with Gasteiger partial charge in [-0.15, -0.1) is 0 Å². The molecule has 0 amide bonds. The number of halogens is 6. The highest BCUT2D eigenvalue weighted by Crippen LogP contribution is 2.40. The van der Waals surface area contributed by atoms with Gasteiger partial charge in [0.15, 0.2) is 0 Å². The summed E-state index contributed by atoms with van der Waals surface area (Å²) in [7, 11) is 0. The van der Waals surface area contributed by atoms with E-state index in [-0.39, 0.29) is 24.4 Å². The molecule has 154 valence electrons. The van der Waals surface area contributed by atoms with Crippen molar-refractivity contribution in [3.63, 3.8) is 0 Å². The van der Waals surface area contributed by atoms with Crippen LogP contribution in [-0.2, 0) is 23.6 Å². The molecule has 0 aromatic heterocycles. The molecule has 0 saturated carbocycles. The third-order valence-corrected chi connectivity index (χ3v) is 4.60. The van der Waals surface area contributed by atoms with Gasteiger partial charge in [0.25, 0.3) is 0 Å². The van der Waals surface area contributed by atoms with Crippen LogP contribution in [0.1, 0.15) is 49.3 Å². The molecule has 0 radical (unpaired) electrons. The number of aryl methyl sites for hydroxylation is 1. The van der Waals surface area contributed by atoms with Gasteiger partial charge in [0.1, 0.15) is 0 Å². The molecule has 0 aliphatic carbocycles. The highest BCUT2D eigenvalue weighted by molar-refractivity contribution is 5.70. The molecule has 2 unspecified atom stereocenters. The summed E-state index contributed by atoms with van der Waals surface area (Å²) in [6.45, 7) is 1.87. The van der Waals surface area contributed by atoms with E-state index in [4.69, 9.17) is 10.8 Å². The van der Waals surface area contributed by atoms with E-state index >= 15 is 0 Å². The predicted octanol–water partition coefficient (Wildman–Crippen LogP) is 5.12. The quantitative estimate of drug-likeness (QED) is 0.567. The van der Waals surface area contributed by atoms with Gasteiger partial charge in [-0.1, -0.05) is 25.8 Å². The lowest BCUT2D eigenvalue weighted by Gasteiger charge is -2.19. The van der Waals surface area contributed by atoms with Crippen LogP contribution in [0.2, 0.25) is 0 Å². The second kappa shape index (κ2) is 9.43. The molecule has 0 bridgehead atoms. The molecular formula is C18H23F6NO2. The number of alkyl halides is 6. The second-order valence-corrected chi connectivity index (χ2v) is 6.55. The standard InChI is InChI=1S/C18H23F6NO2/c1-2-11(8-13(10-25)16(26)27)4-3-5-12-6-7-14(17(19,20)21)15(9-12)18(22,23)24/h6-7,9,11,13H,2-5,8,10,25H2,1H3,(H,26,27). The first kappa shape index (κ1) is 23.3. The maximum Gasteiger partial charge on any atom is 0.417 e. The number of hydrogen-bond donors (Lipinski definition) is 2. The first-order chi connectivity index (χ1) is 12.4. The molecule has 0 spiro atoms. The lowest BCUT2D eigenvalue weighted by Crippen LogP contribution is -2.25. The van der Waals surface area contributed by atoms with Gasteiger partial charge < -0.3 is 10.8 Å². The maximum absolute atomic E-state index is 13.0. The van der Waals surface area contributed by atoms with E-state index in [1.807, 2.05) is 6.92 Å². The average Bonchev–Trinajstić information content (AvgIpc) is 2.55. The zero-order valence-electron chi connectivity index (χ0n) is 14.8. The molecule has 1 rings (SSSR count). The van der Waals surface area contributed by atoms with Crippen molar-refractivity contribution < 1.29 is 36.2 Å². The van der Waals surface area contributed by atoms with Crippen molar-refractivity contribution in [3.8, 4) is 0 Å². The van der Waals surface area contributed by atoms with Crippen molar-refractivity contribution in [1.82, 2.24) is 0 Å². The van der Waals surface area contributed by atoms with Crippen molar-refractivity contribution >= 4 is 5.97 Å². The largest absolute Gasteiger partial charge is 0.481 e. The number of rotatable bonds is 9. The summed E-state index contributed by atoms with van der Waals surface area (Å²) < 4.78 is 77.2. The predicted molar refractivity (Wildman–Crippen MR) is 88.0 cm³/mol. The third-order valence-electron chi connectivity index (χ3n) is 4.60. The van der Waals surface area contributed by atoms with Crippen molar-refractivity contribution in [3.05, 3.63) is 34.9 Å². The fourth-order valence-corrected chi connectivity index (χ4v) is 3.01. The number of carboxylic acid groups (broad SMARTS) is 1. The zero-order chi connectivity index (χ0) is 20.8. The molecule has 3 N–H and O–H groups in total. The Hall–Kier alpha value is -1.77. The molecular weight excluding hydrogens is 376 g/mol. The topological polar surface area (TPSA) is 63.3 Å². The highest BCUT2D eigenvalue weighted by atomic mass is 19.4. The third kappa shape index (κ3) is 7.04. The molecule has 1 aromatic carbocycles. The van der Waals surface area contributed by atoms with Crippen LogP contribution in [-0.4, -0.2) is 17.6 Å². The van der Waals surface area contributed by atoms with Gasteiger partial charge in [-0.2, -0.15) is 26.3 Å². The van der Waals surface area contributed by atoms with Gasteiger partial charge in [-0.25, -0.2) is 0 Å². The summed E-state index contributed by atoms with van der Waals surface area (Å²) in [5, 5.41) is 9.04. The maximum atomic E-state index is 13.0. The Balaban J connectivity index is 2.81. The minimum Gasteiger partial charge on any atom is -0.481 e. The molecule has 0 saturated heterocycles. The van der Waals surface area contributed by atoms with Crippen molar-refractivity contribution in [2.75, 3.05) is 6.54 Å². The Morgan fingerprint density at radius 2 is 1.70 bits per heavy atom. The van der Waals surface area contributed by atoms with Crippen molar-refractivity contribution in [2.24, 2.45) is 17.6 Å². The van der Waals surface area contributed by atoms with Gasteiger partial charge in [-0.05, 0) is 42.9 Å². The summed E-state index contributed by atoms with van der Waals surface area (Å²) >= 11 is 0. The number of aliphatic carboxylic acids is 1. The van der Waals surface area contributed by atoms with Crippen LogP contribution in [0.25, 0.3) is 0 Å². The molecule has 0 fully saturated rings. The van der Waals surface area contributed by atoms with E-state index < -0.39 is 35.4 Å². The van der Waals surface area contributed by atoms with Crippen LogP contribution >= 0.6 is 0 Å². The summed E-state index contributed by atoms with van der Waals surface area (Å²) in [4.78, 5) is 11.0. The van der Waals surface area contributed by atoms with E-state index in [2.05, 4.69) is 0 Å². The Bertz CT molecular complexity index is 627. The van der Waals surface area contributed by atoms with Crippen LogP contribution in [0.15, 0.2) is 18.2 Å². The lowest BCUT2D eigenvalue weighted by atomic mass is 9.88. The average molecular weight is 399 g/mol.